The first-order valence-corrected chi connectivity index (χ1v) is 10.6. The normalized spacial score (nSPS) is 10.8. The van der Waals surface area contributed by atoms with Crippen LogP contribution in [0.2, 0.25) is 0 Å². The molecule has 0 atom stereocenters. The second-order valence-corrected chi connectivity index (χ2v) is 7.73. The van der Waals surface area contributed by atoms with Crippen molar-refractivity contribution in [2.24, 2.45) is 7.05 Å². The molecule has 158 valence electrons. The number of thioether (sulfide) groups is 1. The molecule has 0 spiro atoms. The lowest BCUT2D eigenvalue weighted by atomic mass is 10.2. The molecule has 2 aromatic heterocycles. The topological polar surface area (TPSA) is 71.2 Å². The fourth-order valence-corrected chi connectivity index (χ4v) is 4.04. The Kier molecular flexibility index (Phi) is 6.08. The minimum absolute atomic E-state index is 0.0350. The molecular formula is C23H22N4O3S. The van der Waals surface area contributed by atoms with E-state index in [1.165, 1.54) is 11.8 Å². The Morgan fingerprint density at radius 1 is 0.935 bits per heavy atom. The summed E-state index contributed by atoms with van der Waals surface area (Å²) in [5.74, 6) is 2.50. The van der Waals surface area contributed by atoms with Crippen LogP contribution in [0.15, 0.2) is 72.0 Å². The number of benzene rings is 2. The van der Waals surface area contributed by atoms with Crippen LogP contribution in [0.3, 0.4) is 0 Å². The lowest BCUT2D eigenvalue weighted by Crippen LogP contribution is -2.08. The number of Topliss-reactive ketones (excluding diaryl/α,β-unsaturated/α-hetero) is 1. The number of rotatable bonds is 8. The van der Waals surface area contributed by atoms with E-state index in [0.29, 0.717) is 16.7 Å². The number of aryl methyl sites for hydroxylation is 1. The highest BCUT2D eigenvalue weighted by atomic mass is 32.2. The second-order valence-electron chi connectivity index (χ2n) is 6.78. The number of nitrogens with zero attached hydrogens (tertiary/aromatic N) is 4. The van der Waals surface area contributed by atoms with Crippen LogP contribution < -0.4 is 9.47 Å². The van der Waals surface area contributed by atoms with Crippen LogP contribution in [-0.4, -0.2) is 45.1 Å². The Labute approximate surface area is 184 Å². The number of ketones is 1. The predicted molar refractivity (Wildman–Crippen MR) is 120 cm³/mol. The number of carbonyl (C=O) groups excluding carboxylic acids is 1. The first-order chi connectivity index (χ1) is 15.1. The van der Waals surface area contributed by atoms with Gasteiger partial charge in [0, 0.05) is 24.5 Å². The van der Waals surface area contributed by atoms with Crippen molar-refractivity contribution in [3.05, 3.63) is 72.6 Å². The highest BCUT2D eigenvalue weighted by Crippen LogP contribution is 2.30. The molecule has 0 amide bonds. The van der Waals surface area contributed by atoms with E-state index in [0.717, 1.165) is 22.7 Å². The summed E-state index contributed by atoms with van der Waals surface area (Å²) in [6, 6.07) is 19.0. The van der Waals surface area contributed by atoms with Crippen molar-refractivity contribution in [3.63, 3.8) is 0 Å². The number of hydrogen-bond acceptors (Lipinski definition) is 6. The maximum Gasteiger partial charge on any atom is 0.196 e. The molecule has 0 bridgehead atoms. The second kappa shape index (κ2) is 9.09. The number of hydrogen-bond donors (Lipinski definition) is 0. The SMILES string of the molecule is COc1ccc(-c2nnc(SCC(=O)c3cccn3C)n2-c2ccc(OC)cc2)cc1. The van der Waals surface area contributed by atoms with Crippen LogP contribution >= 0.6 is 11.8 Å². The Bertz CT molecular complexity index is 1180. The molecule has 0 N–H and O–H groups in total. The monoisotopic (exact) mass is 434 g/mol. The molecule has 0 fully saturated rings. The molecule has 0 saturated heterocycles. The fourth-order valence-electron chi connectivity index (χ4n) is 3.21. The smallest absolute Gasteiger partial charge is 0.196 e. The van der Waals surface area contributed by atoms with Gasteiger partial charge < -0.3 is 14.0 Å². The summed E-state index contributed by atoms with van der Waals surface area (Å²) in [6.45, 7) is 0. The average molecular weight is 435 g/mol. The van der Waals surface area contributed by atoms with Crippen molar-refractivity contribution in [2.45, 2.75) is 5.16 Å². The third-order valence-corrected chi connectivity index (χ3v) is 5.80. The summed E-state index contributed by atoms with van der Waals surface area (Å²) in [4.78, 5) is 12.6. The molecule has 8 heteroatoms. The van der Waals surface area contributed by atoms with Crippen LogP contribution in [0.25, 0.3) is 17.1 Å². The van der Waals surface area contributed by atoms with Crippen molar-refractivity contribution in [1.82, 2.24) is 19.3 Å². The molecule has 4 aromatic rings. The standard InChI is InChI=1S/C23H22N4O3S/c1-26-14-4-5-20(26)21(28)15-31-23-25-24-22(16-6-10-18(29-2)11-7-16)27(23)17-8-12-19(30-3)13-9-17/h4-14H,15H2,1-3H3. The first-order valence-electron chi connectivity index (χ1n) is 9.62. The number of carbonyl (C=O) groups is 1. The van der Waals surface area contributed by atoms with Crippen molar-refractivity contribution in [1.29, 1.82) is 0 Å². The number of aromatic nitrogens is 4. The summed E-state index contributed by atoms with van der Waals surface area (Å²) < 4.78 is 14.3. The molecule has 31 heavy (non-hydrogen) atoms. The van der Waals surface area contributed by atoms with E-state index in [2.05, 4.69) is 10.2 Å². The molecule has 0 aliphatic heterocycles. The Hall–Kier alpha value is -3.52. The van der Waals surface area contributed by atoms with Gasteiger partial charge in [-0.05, 0) is 60.7 Å². The van der Waals surface area contributed by atoms with Crippen LogP contribution in [0.4, 0.5) is 0 Å². The van der Waals surface area contributed by atoms with Crippen molar-refractivity contribution in [2.75, 3.05) is 20.0 Å². The van der Waals surface area contributed by atoms with Gasteiger partial charge in [-0.3, -0.25) is 9.36 Å². The van der Waals surface area contributed by atoms with Gasteiger partial charge in [0.25, 0.3) is 0 Å². The van der Waals surface area contributed by atoms with Crippen LogP contribution in [0.5, 0.6) is 11.5 Å². The summed E-state index contributed by atoms with van der Waals surface area (Å²) in [5.41, 5.74) is 2.44. The van der Waals surface area contributed by atoms with Crippen LogP contribution in [0.1, 0.15) is 10.5 Å². The zero-order chi connectivity index (χ0) is 21.8. The van der Waals surface area contributed by atoms with Crippen molar-refractivity contribution < 1.29 is 14.3 Å². The number of methoxy groups -OCH3 is 2. The molecule has 0 aliphatic rings. The largest absolute Gasteiger partial charge is 0.497 e. The van der Waals surface area contributed by atoms with Gasteiger partial charge in [-0.25, -0.2) is 0 Å². The van der Waals surface area contributed by atoms with E-state index in [9.17, 15) is 4.79 Å². The Morgan fingerprint density at radius 2 is 1.58 bits per heavy atom. The predicted octanol–water partition coefficient (Wildman–Crippen LogP) is 4.27. The Balaban J connectivity index is 1.69. The van der Waals surface area contributed by atoms with Gasteiger partial charge >= 0.3 is 0 Å². The molecule has 0 saturated carbocycles. The zero-order valence-corrected chi connectivity index (χ0v) is 18.3. The van der Waals surface area contributed by atoms with E-state index in [1.54, 1.807) is 14.2 Å². The van der Waals surface area contributed by atoms with E-state index < -0.39 is 0 Å². The van der Waals surface area contributed by atoms with Gasteiger partial charge in [-0.15, -0.1) is 10.2 Å². The first kappa shape index (κ1) is 20.7. The van der Waals surface area contributed by atoms with Crippen molar-refractivity contribution >= 4 is 17.5 Å². The fraction of sp³-hybridized carbons (Fsp3) is 0.174. The summed E-state index contributed by atoms with van der Waals surface area (Å²) in [6.07, 6.45) is 1.86. The molecule has 0 aliphatic carbocycles. The van der Waals surface area contributed by atoms with Gasteiger partial charge in [-0.1, -0.05) is 11.8 Å². The minimum Gasteiger partial charge on any atom is -0.497 e. The maximum absolute atomic E-state index is 12.6. The average Bonchev–Trinajstić information content (AvgIpc) is 3.44. The lowest BCUT2D eigenvalue weighted by Gasteiger charge is -2.11. The van der Waals surface area contributed by atoms with E-state index >= 15 is 0 Å². The van der Waals surface area contributed by atoms with Crippen LogP contribution in [0, 0.1) is 0 Å². The molecule has 2 heterocycles. The maximum atomic E-state index is 12.6. The van der Waals surface area contributed by atoms with Crippen molar-refractivity contribution in [3.8, 4) is 28.6 Å². The van der Waals surface area contributed by atoms with Crippen LogP contribution in [-0.2, 0) is 7.05 Å². The molecule has 4 rings (SSSR count). The summed E-state index contributed by atoms with van der Waals surface area (Å²) >= 11 is 1.36. The highest BCUT2D eigenvalue weighted by molar-refractivity contribution is 7.99. The molecule has 0 unspecified atom stereocenters. The molecule has 2 aromatic carbocycles. The highest BCUT2D eigenvalue weighted by Gasteiger charge is 2.18. The van der Waals surface area contributed by atoms with Gasteiger partial charge in [-0.2, -0.15) is 0 Å². The molecular weight excluding hydrogens is 412 g/mol. The summed E-state index contributed by atoms with van der Waals surface area (Å²) in [5, 5.41) is 9.44. The zero-order valence-electron chi connectivity index (χ0n) is 17.5. The lowest BCUT2D eigenvalue weighted by molar-refractivity contribution is 0.101. The van der Waals surface area contributed by atoms with Gasteiger partial charge in [0.2, 0.25) is 0 Å². The minimum atomic E-state index is 0.0350. The van der Waals surface area contributed by atoms with E-state index in [-0.39, 0.29) is 11.5 Å². The molecule has 7 nitrogen and oxygen atoms in total. The number of ether oxygens (including phenoxy) is 2. The van der Waals surface area contributed by atoms with E-state index in [1.807, 2.05) is 83.0 Å². The van der Waals surface area contributed by atoms with Gasteiger partial charge in [0.05, 0.1) is 25.7 Å². The Morgan fingerprint density at radius 3 is 2.16 bits per heavy atom. The van der Waals surface area contributed by atoms with Gasteiger partial charge in [0.15, 0.2) is 16.8 Å². The quantitative estimate of drug-likeness (QED) is 0.305. The van der Waals surface area contributed by atoms with E-state index in [4.69, 9.17) is 9.47 Å². The third-order valence-electron chi connectivity index (χ3n) is 4.87. The molecule has 0 radical (unpaired) electrons. The van der Waals surface area contributed by atoms with Gasteiger partial charge in [0.1, 0.15) is 11.5 Å². The summed E-state index contributed by atoms with van der Waals surface area (Å²) in [7, 11) is 5.12. The third kappa shape index (κ3) is 4.34.